The predicted octanol–water partition coefficient (Wildman–Crippen LogP) is 2.18. The van der Waals surface area contributed by atoms with Gasteiger partial charge in [0, 0.05) is 38.3 Å². The first kappa shape index (κ1) is 12.4. The van der Waals surface area contributed by atoms with Gasteiger partial charge in [-0.3, -0.25) is 14.6 Å². The molecule has 4 rings (SSSR count). The average molecular weight is 285 g/mol. The molecule has 2 bridgehead atoms. The molecule has 1 unspecified atom stereocenters. The fourth-order valence-electron chi connectivity index (χ4n) is 2.71. The van der Waals surface area contributed by atoms with E-state index in [0.717, 1.165) is 32.7 Å². The number of Topliss-reactive ketones (excluding diaryl/α,β-unsaturated/α-hetero) is 1. The van der Waals surface area contributed by atoms with Crippen molar-refractivity contribution in [2.24, 2.45) is 0 Å². The number of halogens is 2. The second-order valence-electron chi connectivity index (χ2n) is 4.85. The molecule has 3 nitrogen and oxygen atoms in total. The van der Waals surface area contributed by atoms with Gasteiger partial charge < -0.3 is 0 Å². The second kappa shape index (κ2) is 4.82. The Bertz CT molecular complexity index is 484. The van der Waals surface area contributed by atoms with Crippen LogP contribution in [0.2, 0.25) is 10.0 Å². The molecule has 0 spiro atoms. The highest BCUT2D eigenvalue weighted by Crippen LogP contribution is 2.25. The highest BCUT2D eigenvalue weighted by atomic mass is 35.5. The number of hydrogen-bond donors (Lipinski definition) is 0. The Morgan fingerprint density at radius 3 is 2.39 bits per heavy atom. The minimum Gasteiger partial charge on any atom is -0.299 e. The van der Waals surface area contributed by atoms with E-state index < -0.39 is 0 Å². The molecular formula is C13H14Cl2N2O. The molecule has 0 N–H and O–H groups in total. The van der Waals surface area contributed by atoms with E-state index in [1.807, 2.05) is 0 Å². The standard InChI is InChI=1S/C13H14Cl2N2O/c14-10-2-1-9(7-11(10)15)13(18)12-8-16-3-5-17(12)6-4-16/h1-2,7,12H,3-6,8H2. The van der Waals surface area contributed by atoms with E-state index in [-0.39, 0.29) is 11.8 Å². The van der Waals surface area contributed by atoms with Crippen LogP contribution < -0.4 is 0 Å². The van der Waals surface area contributed by atoms with Crippen LogP contribution in [0.5, 0.6) is 0 Å². The van der Waals surface area contributed by atoms with Gasteiger partial charge in [0.2, 0.25) is 0 Å². The molecule has 0 saturated carbocycles. The van der Waals surface area contributed by atoms with E-state index in [1.165, 1.54) is 0 Å². The molecule has 3 aliphatic heterocycles. The highest BCUT2D eigenvalue weighted by molar-refractivity contribution is 6.42. The van der Waals surface area contributed by atoms with Gasteiger partial charge >= 0.3 is 0 Å². The van der Waals surface area contributed by atoms with E-state index in [1.54, 1.807) is 18.2 Å². The maximum absolute atomic E-state index is 12.5. The smallest absolute Gasteiger partial charge is 0.181 e. The lowest BCUT2D eigenvalue weighted by Crippen LogP contribution is -2.63. The van der Waals surface area contributed by atoms with E-state index in [2.05, 4.69) is 9.80 Å². The molecule has 3 saturated heterocycles. The van der Waals surface area contributed by atoms with Crippen LogP contribution in [0.25, 0.3) is 0 Å². The van der Waals surface area contributed by atoms with E-state index in [4.69, 9.17) is 23.2 Å². The summed E-state index contributed by atoms with van der Waals surface area (Å²) in [6.07, 6.45) is 0. The minimum atomic E-state index is -0.0234. The number of hydrogen-bond acceptors (Lipinski definition) is 3. The lowest BCUT2D eigenvalue weighted by atomic mass is 9.98. The SMILES string of the molecule is O=C(c1ccc(Cl)c(Cl)c1)C1CN2CCN1CC2. The lowest BCUT2D eigenvalue weighted by molar-refractivity contribution is 0.0159. The third-order valence-electron chi connectivity index (χ3n) is 3.79. The Morgan fingerprint density at radius 1 is 1.11 bits per heavy atom. The number of benzene rings is 1. The Labute approximate surface area is 116 Å². The van der Waals surface area contributed by atoms with Crippen molar-refractivity contribution in [3.8, 4) is 0 Å². The van der Waals surface area contributed by atoms with Gasteiger partial charge in [0.1, 0.15) is 0 Å². The van der Waals surface area contributed by atoms with Crippen molar-refractivity contribution < 1.29 is 4.79 Å². The normalized spacial score (nSPS) is 30.4. The minimum absolute atomic E-state index is 0.0234. The molecule has 1 aromatic rings. The molecule has 0 aliphatic carbocycles. The largest absolute Gasteiger partial charge is 0.299 e. The van der Waals surface area contributed by atoms with Crippen LogP contribution in [0.4, 0.5) is 0 Å². The zero-order valence-corrected chi connectivity index (χ0v) is 11.4. The first-order valence-electron chi connectivity index (χ1n) is 6.11. The monoisotopic (exact) mass is 284 g/mol. The van der Waals surface area contributed by atoms with E-state index in [9.17, 15) is 4.79 Å². The van der Waals surface area contributed by atoms with Gasteiger partial charge in [-0.25, -0.2) is 0 Å². The van der Waals surface area contributed by atoms with Gasteiger partial charge in [0.05, 0.1) is 16.1 Å². The number of ketones is 1. The predicted molar refractivity (Wildman–Crippen MR) is 72.6 cm³/mol. The Kier molecular flexibility index (Phi) is 3.32. The molecule has 96 valence electrons. The Morgan fingerprint density at radius 2 is 1.83 bits per heavy atom. The summed E-state index contributed by atoms with van der Waals surface area (Å²) in [5.74, 6) is 0.151. The summed E-state index contributed by atoms with van der Waals surface area (Å²) in [6.45, 7) is 4.95. The van der Waals surface area contributed by atoms with Gasteiger partial charge in [-0.2, -0.15) is 0 Å². The number of piperazine rings is 3. The first-order chi connectivity index (χ1) is 8.65. The fraction of sp³-hybridized carbons (Fsp3) is 0.462. The Hall–Kier alpha value is -0.610. The first-order valence-corrected chi connectivity index (χ1v) is 6.86. The van der Waals surface area contributed by atoms with Gasteiger partial charge in [0.15, 0.2) is 5.78 Å². The summed E-state index contributed by atoms with van der Waals surface area (Å²) in [5.41, 5.74) is 0.656. The van der Waals surface area contributed by atoms with Gasteiger partial charge in [-0.05, 0) is 18.2 Å². The van der Waals surface area contributed by atoms with Crippen molar-refractivity contribution in [2.45, 2.75) is 6.04 Å². The van der Waals surface area contributed by atoms with Gasteiger partial charge in [-0.15, -0.1) is 0 Å². The van der Waals surface area contributed by atoms with Crippen molar-refractivity contribution in [2.75, 3.05) is 32.7 Å². The molecule has 0 radical (unpaired) electrons. The van der Waals surface area contributed by atoms with Crippen LogP contribution in [0.3, 0.4) is 0 Å². The molecule has 5 heteroatoms. The lowest BCUT2D eigenvalue weighted by Gasteiger charge is -2.46. The summed E-state index contributed by atoms with van der Waals surface area (Å²) >= 11 is 11.8. The summed E-state index contributed by atoms with van der Waals surface area (Å²) in [7, 11) is 0. The van der Waals surface area contributed by atoms with Crippen molar-refractivity contribution >= 4 is 29.0 Å². The molecule has 18 heavy (non-hydrogen) atoms. The van der Waals surface area contributed by atoms with Crippen LogP contribution in [0.15, 0.2) is 18.2 Å². The van der Waals surface area contributed by atoms with Gasteiger partial charge in [0.25, 0.3) is 0 Å². The van der Waals surface area contributed by atoms with Crippen LogP contribution in [-0.2, 0) is 0 Å². The zero-order valence-electron chi connectivity index (χ0n) is 9.90. The number of carbonyl (C=O) groups excluding carboxylic acids is 1. The summed E-state index contributed by atoms with van der Waals surface area (Å²) in [4.78, 5) is 17.1. The molecule has 1 atom stereocenters. The molecule has 0 amide bonds. The van der Waals surface area contributed by atoms with Crippen molar-refractivity contribution in [1.82, 2.24) is 9.80 Å². The molecule has 1 aromatic carbocycles. The third kappa shape index (κ3) is 2.16. The summed E-state index contributed by atoms with van der Waals surface area (Å²) in [5, 5.41) is 0.932. The fourth-order valence-corrected chi connectivity index (χ4v) is 3.01. The maximum atomic E-state index is 12.5. The Balaban J connectivity index is 1.84. The molecule has 3 fully saturated rings. The zero-order chi connectivity index (χ0) is 12.7. The number of fused-ring (bicyclic) bond motifs is 3. The van der Waals surface area contributed by atoms with Gasteiger partial charge in [-0.1, -0.05) is 23.2 Å². The maximum Gasteiger partial charge on any atom is 0.181 e. The van der Waals surface area contributed by atoms with Crippen molar-refractivity contribution in [3.05, 3.63) is 33.8 Å². The molecule has 3 heterocycles. The number of carbonyl (C=O) groups is 1. The summed E-state index contributed by atoms with van der Waals surface area (Å²) < 4.78 is 0. The van der Waals surface area contributed by atoms with Crippen LogP contribution in [0.1, 0.15) is 10.4 Å². The number of nitrogens with zero attached hydrogens (tertiary/aromatic N) is 2. The molecule has 3 aliphatic rings. The van der Waals surface area contributed by atoms with E-state index >= 15 is 0 Å². The highest BCUT2D eigenvalue weighted by Gasteiger charge is 2.36. The number of rotatable bonds is 2. The summed E-state index contributed by atoms with van der Waals surface area (Å²) in [6, 6.07) is 5.10. The van der Waals surface area contributed by atoms with Crippen LogP contribution >= 0.6 is 23.2 Å². The van der Waals surface area contributed by atoms with Crippen LogP contribution in [-0.4, -0.2) is 54.3 Å². The average Bonchev–Trinajstić information content (AvgIpc) is 2.42. The molecule has 0 aromatic heterocycles. The van der Waals surface area contributed by atoms with Crippen LogP contribution in [0, 0.1) is 0 Å². The third-order valence-corrected chi connectivity index (χ3v) is 4.52. The van der Waals surface area contributed by atoms with E-state index in [0.29, 0.717) is 15.6 Å². The van der Waals surface area contributed by atoms with Crippen molar-refractivity contribution in [3.63, 3.8) is 0 Å². The topological polar surface area (TPSA) is 23.6 Å². The second-order valence-corrected chi connectivity index (χ2v) is 5.66. The quantitative estimate of drug-likeness (QED) is 0.778. The van der Waals surface area contributed by atoms with Crippen molar-refractivity contribution in [1.29, 1.82) is 0 Å². The molecular weight excluding hydrogens is 271 g/mol.